The van der Waals surface area contributed by atoms with Crippen molar-refractivity contribution < 1.29 is 17.9 Å². The summed E-state index contributed by atoms with van der Waals surface area (Å²) in [6.07, 6.45) is 2.90. The molecule has 3 rings (SSSR count). The van der Waals surface area contributed by atoms with E-state index in [-0.39, 0.29) is 6.03 Å². The molecule has 0 unspecified atom stereocenters. The standard InChI is InChI=1S/C22H29N3O4S/c1-24(17-19-8-4-5-9-21(19)29-2)22(26)23-16-18-10-12-20(13-11-18)30(27,28)25-14-6-3-7-15-25/h4-5,8-13H,3,6-7,14-17H2,1-2H3,(H,23,26). The monoisotopic (exact) mass is 431 g/mol. The Morgan fingerprint density at radius 2 is 1.73 bits per heavy atom. The van der Waals surface area contributed by atoms with Gasteiger partial charge in [-0.2, -0.15) is 4.31 Å². The first-order valence-electron chi connectivity index (χ1n) is 10.1. The van der Waals surface area contributed by atoms with Crippen LogP contribution in [0, 0.1) is 0 Å². The number of nitrogens with zero attached hydrogens (tertiary/aromatic N) is 2. The fourth-order valence-electron chi connectivity index (χ4n) is 3.51. The molecular formula is C22H29N3O4S. The van der Waals surface area contributed by atoms with E-state index in [0.29, 0.717) is 31.1 Å². The van der Waals surface area contributed by atoms with Crippen LogP contribution < -0.4 is 10.1 Å². The summed E-state index contributed by atoms with van der Waals surface area (Å²) in [6.45, 7) is 1.90. The summed E-state index contributed by atoms with van der Waals surface area (Å²) in [7, 11) is -0.115. The molecule has 0 bridgehead atoms. The largest absolute Gasteiger partial charge is 0.496 e. The molecule has 30 heavy (non-hydrogen) atoms. The van der Waals surface area contributed by atoms with Crippen molar-refractivity contribution in [3.63, 3.8) is 0 Å². The molecule has 1 N–H and O–H groups in total. The molecule has 2 aromatic carbocycles. The maximum Gasteiger partial charge on any atom is 0.317 e. The van der Waals surface area contributed by atoms with Crippen molar-refractivity contribution in [1.29, 1.82) is 0 Å². The van der Waals surface area contributed by atoms with Crippen LogP contribution in [0.15, 0.2) is 53.4 Å². The highest BCUT2D eigenvalue weighted by molar-refractivity contribution is 7.89. The number of methoxy groups -OCH3 is 1. The SMILES string of the molecule is COc1ccccc1CN(C)C(=O)NCc1ccc(S(=O)(=O)N2CCCCC2)cc1. The number of hydrogen-bond donors (Lipinski definition) is 1. The van der Waals surface area contributed by atoms with Gasteiger partial charge in [0.15, 0.2) is 0 Å². The van der Waals surface area contributed by atoms with Crippen LogP contribution in [0.5, 0.6) is 5.75 Å². The van der Waals surface area contributed by atoms with E-state index in [1.54, 1.807) is 47.6 Å². The van der Waals surface area contributed by atoms with Crippen molar-refractivity contribution in [3.05, 3.63) is 59.7 Å². The Morgan fingerprint density at radius 1 is 1.07 bits per heavy atom. The molecule has 0 spiro atoms. The van der Waals surface area contributed by atoms with Crippen LogP contribution in [-0.4, -0.2) is 50.9 Å². The molecular weight excluding hydrogens is 402 g/mol. The number of carbonyl (C=O) groups excluding carboxylic acids is 1. The second-order valence-electron chi connectivity index (χ2n) is 7.44. The fourth-order valence-corrected chi connectivity index (χ4v) is 5.02. The van der Waals surface area contributed by atoms with Crippen LogP contribution in [0.4, 0.5) is 4.79 Å². The fraction of sp³-hybridized carbons (Fsp3) is 0.409. The van der Waals surface area contributed by atoms with Gasteiger partial charge >= 0.3 is 6.03 Å². The highest BCUT2D eigenvalue weighted by Crippen LogP contribution is 2.21. The number of amides is 2. The van der Waals surface area contributed by atoms with Gasteiger partial charge in [0.1, 0.15) is 5.75 Å². The molecule has 1 heterocycles. The summed E-state index contributed by atoms with van der Waals surface area (Å²) >= 11 is 0. The Balaban J connectivity index is 1.56. The second kappa shape index (κ2) is 9.95. The number of ether oxygens (including phenoxy) is 1. The molecule has 2 amide bonds. The van der Waals surface area contributed by atoms with E-state index in [2.05, 4.69) is 5.32 Å². The minimum Gasteiger partial charge on any atom is -0.496 e. The normalized spacial score (nSPS) is 14.9. The van der Waals surface area contributed by atoms with Gasteiger partial charge in [-0.3, -0.25) is 0 Å². The number of benzene rings is 2. The first-order chi connectivity index (χ1) is 14.4. The van der Waals surface area contributed by atoms with Crippen LogP contribution in [0.2, 0.25) is 0 Å². The van der Waals surface area contributed by atoms with Crippen LogP contribution >= 0.6 is 0 Å². The zero-order chi connectivity index (χ0) is 21.6. The van der Waals surface area contributed by atoms with Gasteiger partial charge in [0.25, 0.3) is 0 Å². The van der Waals surface area contributed by atoms with E-state index in [1.165, 1.54) is 0 Å². The highest BCUT2D eigenvalue weighted by Gasteiger charge is 2.25. The molecule has 0 aliphatic carbocycles. The van der Waals surface area contributed by atoms with Gasteiger partial charge in [0.2, 0.25) is 10.0 Å². The lowest BCUT2D eigenvalue weighted by atomic mass is 10.2. The first kappa shape index (κ1) is 22.1. The van der Waals surface area contributed by atoms with Crippen molar-refractivity contribution >= 4 is 16.1 Å². The number of rotatable bonds is 7. The van der Waals surface area contributed by atoms with Gasteiger partial charge in [-0.15, -0.1) is 0 Å². The maximum atomic E-state index is 12.7. The Bertz CT molecular complexity index is 955. The van der Waals surface area contributed by atoms with E-state index in [1.807, 2.05) is 24.3 Å². The van der Waals surface area contributed by atoms with E-state index in [0.717, 1.165) is 36.1 Å². The maximum absolute atomic E-state index is 12.7. The molecule has 1 aliphatic heterocycles. The van der Waals surface area contributed by atoms with Crippen molar-refractivity contribution in [2.45, 2.75) is 37.2 Å². The molecule has 2 aromatic rings. The molecule has 8 heteroatoms. The summed E-state index contributed by atoms with van der Waals surface area (Å²) < 4.78 is 32.3. The number of carbonyl (C=O) groups is 1. The Hall–Kier alpha value is -2.58. The van der Waals surface area contributed by atoms with Gasteiger partial charge in [-0.05, 0) is 36.6 Å². The smallest absolute Gasteiger partial charge is 0.317 e. The van der Waals surface area contributed by atoms with Crippen LogP contribution in [0.1, 0.15) is 30.4 Å². The zero-order valence-electron chi connectivity index (χ0n) is 17.5. The summed E-state index contributed by atoms with van der Waals surface area (Å²) in [5, 5.41) is 2.86. The van der Waals surface area contributed by atoms with E-state index >= 15 is 0 Å². The average Bonchev–Trinajstić information content (AvgIpc) is 2.78. The Labute approximate surface area is 178 Å². The lowest BCUT2D eigenvalue weighted by Crippen LogP contribution is -2.36. The number of hydrogen-bond acceptors (Lipinski definition) is 4. The molecule has 1 fully saturated rings. The molecule has 162 valence electrons. The van der Waals surface area contributed by atoms with Crippen LogP contribution in [0.25, 0.3) is 0 Å². The lowest BCUT2D eigenvalue weighted by molar-refractivity contribution is 0.206. The first-order valence-corrected chi connectivity index (χ1v) is 11.6. The number of sulfonamides is 1. The molecule has 0 saturated carbocycles. The minimum absolute atomic E-state index is 0.217. The summed E-state index contributed by atoms with van der Waals surface area (Å²) in [4.78, 5) is 14.3. The molecule has 7 nitrogen and oxygen atoms in total. The number of nitrogens with one attached hydrogen (secondary N) is 1. The number of piperidine rings is 1. The predicted molar refractivity (Wildman–Crippen MR) is 116 cm³/mol. The van der Waals surface area contributed by atoms with Gasteiger partial charge < -0.3 is 15.0 Å². The van der Waals surface area contributed by atoms with Crippen molar-refractivity contribution in [2.75, 3.05) is 27.2 Å². The molecule has 1 saturated heterocycles. The van der Waals surface area contributed by atoms with Crippen LogP contribution in [-0.2, 0) is 23.1 Å². The molecule has 0 radical (unpaired) electrons. The molecule has 0 aromatic heterocycles. The Kier molecular flexibility index (Phi) is 7.33. The van der Waals surface area contributed by atoms with E-state index in [4.69, 9.17) is 4.74 Å². The van der Waals surface area contributed by atoms with Crippen molar-refractivity contribution in [3.8, 4) is 5.75 Å². The highest BCUT2D eigenvalue weighted by atomic mass is 32.2. The van der Waals surface area contributed by atoms with E-state index < -0.39 is 10.0 Å². The third-order valence-electron chi connectivity index (χ3n) is 5.27. The van der Waals surface area contributed by atoms with Gasteiger partial charge in [-0.25, -0.2) is 13.2 Å². The summed E-state index contributed by atoms with van der Waals surface area (Å²) in [5.41, 5.74) is 1.76. The third kappa shape index (κ3) is 5.31. The van der Waals surface area contributed by atoms with Gasteiger partial charge in [0, 0.05) is 32.2 Å². The van der Waals surface area contributed by atoms with Crippen molar-refractivity contribution in [1.82, 2.24) is 14.5 Å². The molecule has 1 aliphatic rings. The predicted octanol–water partition coefficient (Wildman–Crippen LogP) is 3.21. The van der Waals surface area contributed by atoms with Gasteiger partial charge in [0.05, 0.1) is 18.6 Å². The number of para-hydroxylation sites is 1. The third-order valence-corrected chi connectivity index (χ3v) is 7.18. The topological polar surface area (TPSA) is 79.0 Å². The number of urea groups is 1. The molecule has 0 atom stereocenters. The van der Waals surface area contributed by atoms with E-state index in [9.17, 15) is 13.2 Å². The summed E-state index contributed by atoms with van der Waals surface area (Å²) in [5.74, 6) is 0.739. The zero-order valence-corrected chi connectivity index (χ0v) is 18.3. The minimum atomic E-state index is -3.44. The summed E-state index contributed by atoms with van der Waals surface area (Å²) in [6, 6.07) is 14.1. The second-order valence-corrected chi connectivity index (χ2v) is 9.37. The quantitative estimate of drug-likeness (QED) is 0.730. The lowest BCUT2D eigenvalue weighted by Gasteiger charge is -2.25. The van der Waals surface area contributed by atoms with Crippen molar-refractivity contribution in [2.24, 2.45) is 0 Å². The van der Waals surface area contributed by atoms with Gasteiger partial charge in [-0.1, -0.05) is 36.8 Å². The average molecular weight is 432 g/mol. The van der Waals surface area contributed by atoms with Crippen LogP contribution in [0.3, 0.4) is 0 Å². The Morgan fingerprint density at radius 3 is 2.40 bits per heavy atom.